The van der Waals surface area contributed by atoms with Gasteiger partial charge >= 0.3 is 0 Å². The van der Waals surface area contributed by atoms with Gasteiger partial charge in [0.1, 0.15) is 0 Å². The molecule has 4 N–H and O–H groups in total. The van der Waals surface area contributed by atoms with Gasteiger partial charge in [-0.2, -0.15) is 0 Å². The van der Waals surface area contributed by atoms with Gasteiger partial charge in [-0.3, -0.25) is 0 Å². The lowest BCUT2D eigenvalue weighted by molar-refractivity contribution is 0.377. The molecule has 0 saturated heterocycles. The van der Waals surface area contributed by atoms with Crippen molar-refractivity contribution in [2.45, 2.75) is 79.7 Å². The molecule has 3 heteroatoms. The van der Waals surface area contributed by atoms with Crippen molar-refractivity contribution in [2.75, 3.05) is 13.1 Å². The van der Waals surface area contributed by atoms with Crippen LogP contribution in [0, 0.1) is 5.41 Å². The Hall–Kier alpha value is -1.22. The lowest BCUT2D eigenvalue weighted by atomic mass is 9.86. The maximum Gasteiger partial charge on any atom is 0.0650 e. The Morgan fingerprint density at radius 3 is 2.04 bits per heavy atom. The Balaban J connectivity index is 0. The largest absolute Gasteiger partial charge is 0.383 e. The van der Waals surface area contributed by atoms with Crippen LogP contribution in [-0.4, -0.2) is 19.1 Å². The fourth-order valence-electron chi connectivity index (χ4n) is 1.83. The third-order valence-corrected chi connectivity index (χ3v) is 4.03. The first-order valence-electron chi connectivity index (χ1n) is 9.39. The lowest BCUT2D eigenvalue weighted by Gasteiger charge is -2.32. The SMILES string of the molecule is C=C(C)CNC(=C)C(CCCCN)NC(=C)C(C)(C)CC.CCC. The molecule has 1 atom stereocenters. The van der Waals surface area contributed by atoms with E-state index in [4.69, 9.17) is 5.73 Å². The molecule has 0 fully saturated rings. The first kappa shape index (κ1) is 25.0. The fourth-order valence-corrected chi connectivity index (χ4v) is 1.83. The van der Waals surface area contributed by atoms with Crippen molar-refractivity contribution >= 4 is 0 Å². The topological polar surface area (TPSA) is 50.1 Å². The van der Waals surface area contributed by atoms with Crippen LogP contribution in [0.2, 0.25) is 0 Å². The zero-order valence-electron chi connectivity index (χ0n) is 17.2. The number of hydrogen-bond donors (Lipinski definition) is 3. The van der Waals surface area contributed by atoms with E-state index in [9.17, 15) is 0 Å². The van der Waals surface area contributed by atoms with E-state index in [2.05, 4.69) is 65.0 Å². The Morgan fingerprint density at radius 1 is 1.08 bits per heavy atom. The first-order chi connectivity index (χ1) is 11.2. The van der Waals surface area contributed by atoms with Gasteiger partial charge in [0.05, 0.1) is 6.04 Å². The summed E-state index contributed by atoms with van der Waals surface area (Å²) < 4.78 is 0. The predicted molar refractivity (Wildman–Crippen MR) is 111 cm³/mol. The van der Waals surface area contributed by atoms with Crippen molar-refractivity contribution in [1.82, 2.24) is 10.6 Å². The summed E-state index contributed by atoms with van der Waals surface area (Å²) in [4.78, 5) is 0. The summed E-state index contributed by atoms with van der Waals surface area (Å²) in [5, 5.41) is 6.92. The van der Waals surface area contributed by atoms with Gasteiger partial charge in [0, 0.05) is 23.4 Å². The predicted octanol–water partition coefficient (Wildman–Crippen LogP) is 5.12. The van der Waals surface area contributed by atoms with Gasteiger partial charge in [0.25, 0.3) is 0 Å². The second-order valence-corrected chi connectivity index (χ2v) is 7.24. The molecule has 0 saturated carbocycles. The summed E-state index contributed by atoms with van der Waals surface area (Å²) >= 11 is 0. The fraction of sp³-hybridized carbons (Fsp3) is 0.714. The molecule has 3 nitrogen and oxygen atoms in total. The van der Waals surface area contributed by atoms with E-state index in [1.165, 1.54) is 6.42 Å². The molecule has 1 unspecified atom stereocenters. The number of unbranched alkanes of at least 4 members (excludes halogenated alkanes) is 1. The smallest absolute Gasteiger partial charge is 0.0650 e. The molecular weight excluding hydrogens is 294 g/mol. The molecular formula is C21H43N3. The molecule has 0 amide bonds. The van der Waals surface area contributed by atoms with Crippen LogP contribution in [0.5, 0.6) is 0 Å². The van der Waals surface area contributed by atoms with Crippen molar-refractivity contribution in [3.05, 3.63) is 36.7 Å². The monoisotopic (exact) mass is 337 g/mol. The highest BCUT2D eigenvalue weighted by molar-refractivity contribution is 5.13. The molecule has 0 bridgehead atoms. The van der Waals surface area contributed by atoms with Gasteiger partial charge in [-0.1, -0.05) is 66.3 Å². The molecule has 0 aliphatic heterocycles. The summed E-state index contributed by atoms with van der Waals surface area (Å²) in [6.07, 6.45) is 5.44. The molecule has 24 heavy (non-hydrogen) atoms. The maximum atomic E-state index is 5.59. The number of rotatable bonds is 12. The van der Waals surface area contributed by atoms with Crippen LogP contribution in [0.3, 0.4) is 0 Å². The molecule has 142 valence electrons. The normalized spacial score (nSPS) is 11.8. The number of allylic oxidation sites excluding steroid dienone is 1. The van der Waals surface area contributed by atoms with E-state index >= 15 is 0 Å². The van der Waals surface area contributed by atoms with E-state index in [0.717, 1.165) is 55.7 Å². The van der Waals surface area contributed by atoms with Gasteiger partial charge in [0.15, 0.2) is 0 Å². The molecule has 0 radical (unpaired) electrons. The van der Waals surface area contributed by atoms with Gasteiger partial charge in [0.2, 0.25) is 0 Å². The number of nitrogens with two attached hydrogens (primary N) is 1. The Morgan fingerprint density at radius 2 is 1.62 bits per heavy atom. The highest BCUT2D eigenvalue weighted by atomic mass is 15.0. The Kier molecular flexibility index (Phi) is 14.8. The zero-order valence-corrected chi connectivity index (χ0v) is 17.2. The van der Waals surface area contributed by atoms with Gasteiger partial charge in [-0.25, -0.2) is 0 Å². The first-order valence-corrected chi connectivity index (χ1v) is 9.39. The lowest BCUT2D eigenvalue weighted by Crippen LogP contribution is -2.39. The summed E-state index contributed by atoms with van der Waals surface area (Å²) in [6.45, 7) is 26.7. The van der Waals surface area contributed by atoms with Gasteiger partial charge in [-0.15, -0.1) is 0 Å². The minimum absolute atomic E-state index is 0.0841. The molecule has 0 aliphatic rings. The van der Waals surface area contributed by atoms with Crippen molar-refractivity contribution in [1.29, 1.82) is 0 Å². The van der Waals surface area contributed by atoms with Crippen molar-refractivity contribution in [3.63, 3.8) is 0 Å². The van der Waals surface area contributed by atoms with E-state index in [1.54, 1.807) is 0 Å². The van der Waals surface area contributed by atoms with E-state index in [1.807, 2.05) is 6.92 Å². The number of hydrogen-bond acceptors (Lipinski definition) is 3. The molecule has 0 aromatic rings. The standard InChI is InChI=1S/C18H35N3.C3H8/c1-8-18(6,7)16(5)21-17(11-9-10-12-19)15(4)20-13-14(2)3;1-3-2/h17,20-21H,2,4-5,8-13,19H2,1,3,6-7H3;3H2,1-2H3. The van der Waals surface area contributed by atoms with Crippen LogP contribution in [-0.2, 0) is 0 Å². The van der Waals surface area contributed by atoms with Crippen LogP contribution >= 0.6 is 0 Å². The summed E-state index contributed by atoms with van der Waals surface area (Å²) in [5.41, 5.74) is 8.85. The minimum Gasteiger partial charge on any atom is -0.383 e. The quantitative estimate of drug-likeness (QED) is 0.342. The van der Waals surface area contributed by atoms with Crippen LogP contribution in [0.15, 0.2) is 36.7 Å². The highest BCUT2D eigenvalue weighted by Gasteiger charge is 2.22. The van der Waals surface area contributed by atoms with E-state index in [0.29, 0.717) is 0 Å². The van der Waals surface area contributed by atoms with E-state index < -0.39 is 0 Å². The van der Waals surface area contributed by atoms with Crippen LogP contribution < -0.4 is 16.4 Å². The molecule has 0 heterocycles. The average Bonchev–Trinajstić information content (AvgIpc) is 2.52. The molecule has 0 aliphatic carbocycles. The zero-order chi connectivity index (χ0) is 19.2. The van der Waals surface area contributed by atoms with Crippen LogP contribution in [0.4, 0.5) is 0 Å². The Labute approximate surface area is 151 Å². The Bertz CT molecular complexity index is 369. The maximum absolute atomic E-state index is 5.59. The molecule has 0 rings (SSSR count). The molecule has 0 aromatic heterocycles. The van der Waals surface area contributed by atoms with Crippen LogP contribution in [0.1, 0.15) is 73.6 Å². The summed E-state index contributed by atoms with van der Waals surface area (Å²) in [7, 11) is 0. The molecule has 0 aromatic carbocycles. The summed E-state index contributed by atoms with van der Waals surface area (Å²) in [6, 6.07) is 0.189. The van der Waals surface area contributed by atoms with Crippen molar-refractivity contribution < 1.29 is 0 Å². The van der Waals surface area contributed by atoms with E-state index in [-0.39, 0.29) is 11.5 Å². The minimum atomic E-state index is 0.0841. The average molecular weight is 338 g/mol. The third kappa shape index (κ3) is 12.2. The third-order valence-electron chi connectivity index (χ3n) is 4.03. The van der Waals surface area contributed by atoms with Crippen LogP contribution in [0.25, 0.3) is 0 Å². The summed E-state index contributed by atoms with van der Waals surface area (Å²) in [5.74, 6) is 0. The van der Waals surface area contributed by atoms with Crippen molar-refractivity contribution in [3.8, 4) is 0 Å². The molecule has 0 spiro atoms. The van der Waals surface area contributed by atoms with Crippen molar-refractivity contribution in [2.24, 2.45) is 11.1 Å². The highest BCUT2D eigenvalue weighted by Crippen LogP contribution is 2.27. The second-order valence-electron chi connectivity index (χ2n) is 7.24. The second kappa shape index (κ2) is 14.2. The van der Waals surface area contributed by atoms with Gasteiger partial charge < -0.3 is 16.4 Å². The van der Waals surface area contributed by atoms with Gasteiger partial charge in [-0.05, 0) is 39.2 Å². The number of nitrogens with one attached hydrogen (secondary N) is 2.